The van der Waals surface area contributed by atoms with Crippen LogP contribution in [0, 0.1) is 11.3 Å². The van der Waals surface area contributed by atoms with Gasteiger partial charge in [0.2, 0.25) is 0 Å². The lowest BCUT2D eigenvalue weighted by Gasteiger charge is -2.10. The fraction of sp³-hybridized carbons (Fsp3) is 0. The van der Waals surface area contributed by atoms with E-state index in [9.17, 15) is 4.79 Å². The number of nitriles is 1. The molecule has 1 N–H and O–H groups in total. The van der Waals surface area contributed by atoms with E-state index in [4.69, 9.17) is 16.9 Å². The second-order valence-electron chi connectivity index (χ2n) is 5.28. The minimum Gasteiger partial charge on any atom is -0.263 e. The van der Waals surface area contributed by atoms with Crippen LogP contribution in [0.5, 0.6) is 0 Å². The molecule has 0 atom stereocenters. The van der Waals surface area contributed by atoms with Crippen molar-refractivity contribution < 1.29 is 0 Å². The molecule has 4 rings (SSSR count). The number of hydrogen-bond acceptors (Lipinski definition) is 5. The fourth-order valence-electron chi connectivity index (χ4n) is 2.63. The lowest BCUT2D eigenvalue weighted by molar-refractivity contribution is 0.881. The van der Waals surface area contributed by atoms with Gasteiger partial charge in [-0.3, -0.25) is 4.98 Å². The van der Waals surface area contributed by atoms with Crippen molar-refractivity contribution in [3.8, 4) is 28.3 Å². The van der Waals surface area contributed by atoms with Crippen molar-refractivity contribution in [3.05, 3.63) is 70.0 Å². The number of nitrogens with zero attached hydrogens (tertiary/aromatic N) is 5. The van der Waals surface area contributed by atoms with E-state index in [1.165, 1.54) is 10.7 Å². The lowest BCUT2D eigenvalue weighted by Crippen LogP contribution is -2.12. The van der Waals surface area contributed by atoms with Crippen molar-refractivity contribution in [3.63, 3.8) is 0 Å². The number of hydrogen-bond donors (Lipinski definition) is 1. The maximum Gasteiger partial charge on any atom is 0.364 e. The predicted octanol–water partition coefficient (Wildman–Crippen LogP) is 2.67. The molecule has 0 bridgehead atoms. The molecule has 0 saturated carbocycles. The summed E-state index contributed by atoms with van der Waals surface area (Å²) >= 11 is 5.97. The van der Waals surface area contributed by atoms with Crippen LogP contribution in [0.1, 0.15) is 5.56 Å². The molecule has 25 heavy (non-hydrogen) atoms. The monoisotopic (exact) mass is 348 g/mol. The maximum absolute atomic E-state index is 11.9. The van der Waals surface area contributed by atoms with E-state index in [1.54, 1.807) is 30.6 Å². The van der Waals surface area contributed by atoms with Crippen molar-refractivity contribution in [1.82, 2.24) is 24.8 Å². The SMILES string of the molecule is N#Cc1cncc(-c2c(-c3ccc(Cl)cc3)cnn3c(=O)[nH]nc23)c1. The Morgan fingerprint density at radius 2 is 1.92 bits per heavy atom. The molecule has 8 heteroatoms. The number of benzene rings is 1. The van der Waals surface area contributed by atoms with Crippen LogP contribution in [-0.2, 0) is 0 Å². The predicted molar refractivity (Wildman–Crippen MR) is 92.0 cm³/mol. The van der Waals surface area contributed by atoms with Gasteiger partial charge >= 0.3 is 5.69 Å². The van der Waals surface area contributed by atoms with E-state index >= 15 is 0 Å². The van der Waals surface area contributed by atoms with Gasteiger partial charge in [-0.15, -0.1) is 0 Å². The molecule has 0 radical (unpaired) electrons. The molecule has 0 aliphatic carbocycles. The lowest BCUT2D eigenvalue weighted by atomic mass is 9.97. The Morgan fingerprint density at radius 1 is 1.12 bits per heavy atom. The highest BCUT2D eigenvalue weighted by Crippen LogP contribution is 2.34. The minimum atomic E-state index is -0.441. The van der Waals surface area contributed by atoms with Gasteiger partial charge in [-0.2, -0.15) is 20.0 Å². The zero-order valence-corrected chi connectivity index (χ0v) is 13.4. The molecule has 0 aliphatic heterocycles. The number of rotatable bonds is 2. The third kappa shape index (κ3) is 2.55. The van der Waals surface area contributed by atoms with Gasteiger partial charge in [-0.25, -0.2) is 9.89 Å². The second-order valence-corrected chi connectivity index (χ2v) is 5.71. The Kier molecular flexibility index (Phi) is 3.52. The standard InChI is InChI=1S/C17H9ClN6O/c18-13-3-1-11(2-4-13)14-9-21-24-16(22-23-17(24)25)15(14)12-5-10(6-19)7-20-8-12/h1-5,7-9H,(H,23,25). The molecule has 7 nitrogen and oxygen atoms in total. The average molecular weight is 349 g/mol. The van der Waals surface area contributed by atoms with Crippen molar-refractivity contribution >= 4 is 17.2 Å². The third-order valence-corrected chi connectivity index (χ3v) is 4.01. The van der Waals surface area contributed by atoms with Crippen LogP contribution in [0.2, 0.25) is 5.02 Å². The third-order valence-electron chi connectivity index (χ3n) is 3.76. The number of nitrogens with one attached hydrogen (secondary N) is 1. The molecule has 0 spiro atoms. The second kappa shape index (κ2) is 5.85. The molecule has 0 saturated heterocycles. The van der Waals surface area contributed by atoms with E-state index in [0.29, 0.717) is 27.4 Å². The molecule has 3 aromatic heterocycles. The van der Waals surface area contributed by atoms with E-state index in [2.05, 4.69) is 26.3 Å². The molecule has 0 fully saturated rings. The molecule has 0 amide bonds. The minimum absolute atomic E-state index is 0.356. The molecule has 120 valence electrons. The first-order chi connectivity index (χ1) is 12.2. The number of aromatic amines is 1. The van der Waals surface area contributed by atoms with Gasteiger partial charge in [0.05, 0.1) is 11.8 Å². The van der Waals surface area contributed by atoms with Gasteiger partial charge in [0.15, 0.2) is 5.65 Å². The summed E-state index contributed by atoms with van der Waals surface area (Å²) in [6, 6.07) is 11.0. The van der Waals surface area contributed by atoms with E-state index in [0.717, 1.165) is 11.1 Å². The van der Waals surface area contributed by atoms with Gasteiger partial charge in [-0.05, 0) is 23.8 Å². The number of fused-ring (bicyclic) bond motifs is 1. The summed E-state index contributed by atoms with van der Waals surface area (Å²) in [6.07, 6.45) is 4.68. The zero-order chi connectivity index (χ0) is 17.4. The Bertz CT molecular complexity index is 1190. The van der Waals surface area contributed by atoms with Crippen LogP contribution >= 0.6 is 11.6 Å². The first-order valence-electron chi connectivity index (χ1n) is 7.25. The molecular formula is C17H9ClN6O. The summed E-state index contributed by atoms with van der Waals surface area (Å²) in [5, 5.41) is 20.4. The molecule has 0 unspecified atom stereocenters. The van der Waals surface area contributed by atoms with Crippen LogP contribution < -0.4 is 5.69 Å². The van der Waals surface area contributed by atoms with Crippen molar-refractivity contribution in [2.24, 2.45) is 0 Å². The molecule has 4 aromatic rings. The van der Waals surface area contributed by atoms with E-state index in [1.807, 2.05) is 12.1 Å². The molecular weight excluding hydrogens is 340 g/mol. The van der Waals surface area contributed by atoms with Crippen molar-refractivity contribution in [2.45, 2.75) is 0 Å². The smallest absolute Gasteiger partial charge is 0.263 e. The van der Waals surface area contributed by atoms with Crippen LogP contribution in [0.3, 0.4) is 0 Å². The number of aromatic nitrogens is 5. The van der Waals surface area contributed by atoms with Crippen LogP contribution in [0.4, 0.5) is 0 Å². The van der Waals surface area contributed by atoms with Gasteiger partial charge in [-0.1, -0.05) is 23.7 Å². The normalized spacial score (nSPS) is 10.7. The Morgan fingerprint density at radius 3 is 2.68 bits per heavy atom. The van der Waals surface area contributed by atoms with Gasteiger partial charge in [0, 0.05) is 34.1 Å². The van der Waals surface area contributed by atoms with Gasteiger partial charge < -0.3 is 0 Å². The summed E-state index contributed by atoms with van der Waals surface area (Å²) in [6.45, 7) is 0. The summed E-state index contributed by atoms with van der Waals surface area (Å²) < 4.78 is 1.17. The van der Waals surface area contributed by atoms with Crippen LogP contribution in [0.15, 0.2) is 53.7 Å². The highest BCUT2D eigenvalue weighted by molar-refractivity contribution is 6.30. The van der Waals surface area contributed by atoms with E-state index in [-0.39, 0.29) is 0 Å². The van der Waals surface area contributed by atoms with Gasteiger partial charge in [0.1, 0.15) is 6.07 Å². The Balaban J connectivity index is 2.08. The van der Waals surface area contributed by atoms with E-state index < -0.39 is 5.69 Å². The molecule has 1 aromatic carbocycles. The Labute approximate surface area is 146 Å². The fourth-order valence-corrected chi connectivity index (χ4v) is 2.76. The highest BCUT2D eigenvalue weighted by Gasteiger charge is 2.17. The quantitative estimate of drug-likeness (QED) is 0.600. The number of halogens is 1. The highest BCUT2D eigenvalue weighted by atomic mass is 35.5. The summed E-state index contributed by atoms with van der Waals surface area (Å²) in [5.41, 5.74) is 3.24. The van der Waals surface area contributed by atoms with Crippen LogP contribution in [-0.4, -0.2) is 24.8 Å². The number of H-pyrrole nitrogens is 1. The molecule has 0 aliphatic rings. The van der Waals surface area contributed by atoms with Crippen molar-refractivity contribution in [2.75, 3.05) is 0 Å². The average Bonchev–Trinajstić information content (AvgIpc) is 3.03. The first-order valence-corrected chi connectivity index (χ1v) is 7.63. The van der Waals surface area contributed by atoms with Crippen molar-refractivity contribution in [1.29, 1.82) is 5.26 Å². The topological polar surface area (TPSA) is 99.7 Å². The number of pyridine rings is 1. The zero-order valence-electron chi connectivity index (χ0n) is 12.6. The summed E-state index contributed by atoms with van der Waals surface area (Å²) in [5.74, 6) is 0. The Hall–Kier alpha value is -3.50. The summed E-state index contributed by atoms with van der Waals surface area (Å²) in [7, 11) is 0. The first kappa shape index (κ1) is 15.1. The van der Waals surface area contributed by atoms with Gasteiger partial charge in [0.25, 0.3) is 0 Å². The van der Waals surface area contributed by atoms with Crippen LogP contribution in [0.25, 0.3) is 27.9 Å². The maximum atomic E-state index is 11.9. The molecule has 3 heterocycles. The summed E-state index contributed by atoms with van der Waals surface area (Å²) in [4.78, 5) is 16.0. The largest absolute Gasteiger partial charge is 0.364 e.